The van der Waals surface area contributed by atoms with Gasteiger partial charge in [-0.25, -0.2) is 0 Å². The summed E-state index contributed by atoms with van der Waals surface area (Å²) in [6.45, 7) is 1.72. The number of halogens is 1. The quantitative estimate of drug-likeness (QED) is 0.910. The van der Waals surface area contributed by atoms with Gasteiger partial charge in [0.05, 0.1) is 10.7 Å². The predicted octanol–water partition coefficient (Wildman–Crippen LogP) is 3.36. The minimum absolute atomic E-state index is 0.542. The zero-order valence-corrected chi connectivity index (χ0v) is 9.93. The molecule has 0 aromatic carbocycles. The fourth-order valence-electron chi connectivity index (χ4n) is 1.31. The van der Waals surface area contributed by atoms with Crippen LogP contribution >= 0.6 is 27.3 Å². The van der Waals surface area contributed by atoms with Crippen molar-refractivity contribution in [1.29, 1.82) is 0 Å². The van der Waals surface area contributed by atoms with E-state index in [0.717, 1.165) is 9.35 Å². The molecule has 0 radical (unpaired) electrons. The van der Waals surface area contributed by atoms with Crippen LogP contribution in [0.4, 0.5) is 0 Å². The molecule has 0 aliphatic carbocycles. The van der Waals surface area contributed by atoms with Crippen molar-refractivity contribution in [3.63, 3.8) is 0 Å². The molecule has 0 saturated carbocycles. The van der Waals surface area contributed by atoms with Crippen LogP contribution in [0.2, 0.25) is 0 Å². The molecule has 14 heavy (non-hydrogen) atoms. The number of aliphatic hydroxyl groups is 1. The van der Waals surface area contributed by atoms with Gasteiger partial charge in [-0.05, 0) is 40.4 Å². The highest BCUT2D eigenvalue weighted by Crippen LogP contribution is 2.36. The average molecular weight is 273 g/mol. The van der Waals surface area contributed by atoms with Crippen molar-refractivity contribution >= 4 is 27.3 Å². The van der Waals surface area contributed by atoms with Gasteiger partial charge in [0.25, 0.3) is 0 Å². The Balaban J connectivity index is 2.48. The van der Waals surface area contributed by atoms with E-state index in [1.165, 1.54) is 11.3 Å². The van der Waals surface area contributed by atoms with E-state index in [0.29, 0.717) is 5.76 Å². The van der Waals surface area contributed by atoms with Crippen molar-refractivity contribution in [3.05, 3.63) is 45.0 Å². The third kappa shape index (κ3) is 1.54. The van der Waals surface area contributed by atoms with Crippen LogP contribution in [0.5, 0.6) is 0 Å². The molecule has 2 heterocycles. The lowest BCUT2D eigenvalue weighted by molar-refractivity contribution is 0.0795. The Bertz CT molecular complexity index is 417. The lowest BCUT2D eigenvalue weighted by Gasteiger charge is -2.19. The van der Waals surface area contributed by atoms with Gasteiger partial charge in [-0.3, -0.25) is 0 Å². The SMILES string of the molecule is CC(O)(c1cccs1)c1occc1Br. The zero-order chi connectivity index (χ0) is 10.2. The molecule has 0 aliphatic heterocycles. The molecule has 2 aromatic heterocycles. The Morgan fingerprint density at radius 1 is 1.50 bits per heavy atom. The van der Waals surface area contributed by atoms with Gasteiger partial charge in [-0.2, -0.15) is 0 Å². The Morgan fingerprint density at radius 3 is 2.79 bits per heavy atom. The molecular formula is C10H9BrO2S. The van der Waals surface area contributed by atoms with Crippen LogP contribution in [0.1, 0.15) is 17.6 Å². The molecule has 2 aromatic rings. The third-order valence-electron chi connectivity index (χ3n) is 2.06. The Morgan fingerprint density at radius 2 is 2.29 bits per heavy atom. The first-order valence-corrected chi connectivity index (χ1v) is 5.79. The molecule has 0 spiro atoms. The van der Waals surface area contributed by atoms with Gasteiger partial charge in [0, 0.05) is 4.88 Å². The summed E-state index contributed by atoms with van der Waals surface area (Å²) in [4.78, 5) is 0.869. The standard InChI is InChI=1S/C10H9BrO2S/c1-10(12,8-3-2-6-14-8)9-7(11)4-5-13-9/h2-6,12H,1H3. The van der Waals surface area contributed by atoms with Gasteiger partial charge < -0.3 is 9.52 Å². The molecule has 4 heteroatoms. The van der Waals surface area contributed by atoms with E-state index in [1.54, 1.807) is 19.3 Å². The second-order valence-electron chi connectivity index (χ2n) is 3.15. The Hall–Kier alpha value is -0.580. The minimum Gasteiger partial charge on any atom is -0.465 e. The van der Waals surface area contributed by atoms with Gasteiger partial charge in [0.15, 0.2) is 11.4 Å². The van der Waals surface area contributed by atoms with E-state index in [9.17, 15) is 5.11 Å². The van der Waals surface area contributed by atoms with E-state index in [4.69, 9.17) is 4.42 Å². The molecule has 2 rings (SSSR count). The number of thiophene rings is 1. The summed E-state index contributed by atoms with van der Waals surface area (Å²) >= 11 is 4.84. The van der Waals surface area contributed by atoms with Crippen molar-refractivity contribution in [3.8, 4) is 0 Å². The topological polar surface area (TPSA) is 33.4 Å². The smallest absolute Gasteiger partial charge is 0.154 e. The molecule has 2 nitrogen and oxygen atoms in total. The first-order valence-electron chi connectivity index (χ1n) is 4.12. The molecule has 1 unspecified atom stereocenters. The highest BCUT2D eigenvalue weighted by Gasteiger charge is 2.31. The van der Waals surface area contributed by atoms with Gasteiger partial charge in [0.2, 0.25) is 0 Å². The molecule has 0 bridgehead atoms. The fraction of sp³-hybridized carbons (Fsp3) is 0.200. The molecule has 0 fully saturated rings. The van der Waals surface area contributed by atoms with E-state index in [2.05, 4.69) is 15.9 Å². The van der Waals surface area contributed by atoms with E-state index in [1.807, 2.05) is 17.5 Å². The van der Waals surface area contributed by atoms with Crippen LogP contribution in [0.15, 0.2) is 38.7 Å². The Kier molecular flexibility index (Phi) is 2.51. The molecule has 0 aliphatic rings. The number of rotatable bonds is 2. The average Bonchev–Trinajstić information content (AvgIpc) is 2.72. The normalized spacial score (nSPS) is 15.4. The summed E-state index contributed by atoms with van der Waals surface area (Å²) < 4.78 is 6.05. The summed E-state index contributed by atoms with van der Waals surface area (Å²) in [6, 6.07) is 5.57. The number of furan rings is 1. The maximum atomic E-state index is 10.3. The highest BCUT2D eigenvalue weighted by molar-refractivity contribution is 9.10. The van der Waals surface area contributed by atoms with Crippen molar-refractivity contribution in [1.82, 2.24) is 0 Å². The van der Waals surface area contributed by atoms with Crippen molar-refractivity contribution in [2.75, 3.05) is 0 Å². The molecule has 0 saturated heterocycles. The second-order valence-corrected chi connectivity index (χ2v) is 4.95. The fourth-order valence-corrected chi connectivity index (χ4v) is 2.68. The lowest BCUT2D eigenvalue weighted by Crippen LogP contribution is -2.20. The van der Waals surface area contributed by atoms with Crippen LogP contribution in [0.25, 0.3) is 0 Å². The van der Waals surface area contributed by atoms with Gasteiger partial charge >= 0.3 is 0 Å². The van der Waals surface area contributed by atoms with Crippen LogP contribution in [0, 0.1) is 0 Å². The lowest BCUT2D eigenvalue weighted by atomic mass is 10.0. The van der Waals surface area contributed by atoms with Crippen LogP contribution in [-0.2, 0) is 5.60 Å². The predicted molar refractivity (Wildman–Crippen MR) is 59.4 cm³/mol. The largest absolute Gasteiger partial charge is 0.465 e. The van der Waals surface area contributed by atoms with E-state index in [-0.39, 0.29) is 0 Å². The minimum atomic E-state index is -1.06. The summed E-state index contributed by atoms with van der Waals surface area (Å²) in [7, 11) is 0. The maximum Gasteiger partial charge on any atom is 0.154 e. The van der Waals surface area contributed by atoms with Crippen molar-refractivity contribution in [2.45, 2.75) is 12.5 Å². The summed E-state index contributed by atoms with van der Waals surface area (Å²) in [5.41, 5.74) is -1.06. The molecular weight excluding hydrogens is 264 g/mol. The van der Waals surface area contributed by atoms with Gasteiger partial charge in [-0.15, -0.1) is 11.3 Å². The summed E-state index contributed by atoms with van der Waals surface area (Å²) in [5.74, 6) is 0.542. The van der Waals surface area contributed by atoms with Gasteiger partial charge in [0.1, 0.15) is 0 Å². The number of hydrogen-bond donors (Lipinski definition) is 1. The van der Waals surface area contributed by atoms with E-state index >= 15 is 0 Å². The molecule has 0 amide bonds. The number of hydrogen-bond acceptors (Lipinski definition) is 3. The molecule has 1 N–H and O–H groups in total. The van der Waals surface area contributed by atoms with Crippen molar-refractivity contribution in [2.24, 2.45) is 0 Å². The second kappa shape index (κ2) is 3.53. The monoisotopic (exact) mass is 272 g/mol. The van der Waals surface area contributed by atoms with E-state index < -0.39 is 5.60 Å². The zero-order valence-electron chi connectivity index (χ0n) is 7.53. The van der Waals surface area contributed by atoms with Crippen molar-refractivity contribution < 1.29 is 9.52 Å². The summed E-state index contributed by atoms with van der Waals surface area (Å²) in [5, 5.41) is 12.2. The summed E-state index contributed by atoms with van der Waals surface area (Å²) in [6.07, 6.45) is 1.56. The van der Waals surface area contributed by atoms with Crippen LogP contribution in [0.3, 0.4) is 0 Å². The molecule has 1 atom stereocenters. The highest BCUT2D eigenvalue weighted by atomic mass is 79.9. The van der Waals surface area contributed by atoms with Crippen LogP contribution in [-0.4, -0.2) is 5.11 Å². The first kappa shape index (κ1) is 9.96. The molecule has 74 valence electrons. The first-order chi connectivity index (χ1) is 6.62. The third-order valence-corrected chi connectivity index (χ3v) is 3.77. The Labute approximate surface area is 94.3 Å². The van der Waals surface area contributed by atoms with Gasteiger partial charge in [-0.1, -0.05) is 6.07 Å². The van der Waals surface area contributed by atoms with Crippen LogP contribution < -0.4 is 0 Å². The maximum absolute atomic E-state index is 10.3.